The van der Waals surface area contributed by atoms with Crippen molar-refractivity contribution < 1.29 is 33.5 Å². The van der Waals surface area contributed by atoms with Gasteiger partial charge >= 0.3 is 11.9 Å². The summed E-state index contributed by atoms with van der Waals surface area (Å²) in [6, 6.07) is 10.8. The highest BCUT2D eigenvalue weighted by molar-refractivity contribution is 8.16. The van der Waals surface area contributed by atoms with Crippen LogP contribution in [0, 0.1) is 0 Å². The fourth-order valence-corrected chi connectivity index (χ4v) is 4.33. The Morgan fingerprint density at radius 2 is 1.83 bits per heavy atom. The van der Waals surface area contributed by atoms with Gasteiger partial charge in [-0.1, -0.05) is 25.1 Å². The van der Waals surface area contributed by atoms with Crippen molar-refractivity contribution in [3.05, 3.63) is 59.4 Å². The van der Waals surface area contributed by atoms with E-state index in [1.807, 2.05) is 31.2 Å². The molecule has 1 aliphatic heterocycles. The van der Waals surface area contributed by atoms with Gasteiger partial charge in [0.15, 0.2) is 6.10 Å². The third kappa shape index (κ3) is 7.27. The largest absolute Gasteiger partial charge is 0.489 e. The van der Waals surface area contributed by atoms with Crippen molar-refractivity contribution in [3.8, 4) is 5.75 Å². The lowest BCUT2D eigenvalue weighted by Gasteiger charge is -2.20. The first-order valence-electron chi connectivity index (χ1n) is 11.0. The first-order valence-corrected chi connectivity index (χ1v) is 11.8. The van der Waals surface area contributed by atoms with Crippen LogP contribution in [0.4, 0.5) is 4.79 Å². The number of nitrogens with two attached hydrogens (primary N) is 1. The minimum atomic E-state index is -0.854. The average Bonchev–Trinajstić information content (AvgIpc) is 3.11. The predicted molar refractivity (Wildman–Crippen MR) is 127 cm³/mol. The average molecular weight is 502 g/mol. The molecule has 11 heteroatoms. The van der Waals surface area contributed by atoms with Crippen LogP contribution in [0.1, 0.15) is 49.6 Å². The maximum atomic E-state index is 12.3. The van der Waals surface area contributed by atoms with Crippen molar-refractivity contribution >= 4 is 34.8 Å². The second-order valence-electron chi connectivity index (χ2n) is 8.11. The van der Waals surface area contributed by atoms with Gasteiger partial charge in [0.05, 0.1) is 12.8 Å². The van der Waals surface area contributed by atoms with Gasteiger partial charge in [-0.3, -0.25) is 29.5 Å². The number of carbonyl (C=O) groups is 4. The SMILES string of the molecule is CCc1ccc([C@@H](COc2ccc(CC3(C)SC(=O)NC3=O)cc2)OC(=O)CCC(=O)ON)cn1. The maximum Gasteiger partial charge on any atom is 0.325 e. The number of benzene rings is 1. The first-order chi connectivity index (χ1) is 16.7. The van der Waals surface area contributed by atoms with Gasteiger partial charge in [-0.15, -0.1) is 0 Å². The van der Waals surface area contributed by atoms with Crippen molar-refractivity contribution in [1.29, 1.82) is 0 Å². The molecule has 0 bridgehead atoms. The molecular weight excluding hydrogens is 474 g/mol. The number of thioether (sulfide) groups is 1. The van der Waals surface area contributed by atoms with Crippen molar-refractivity contribution in [2.45, 2.75) is 50.4 Å². The lowest BCUT2D eigenvalue weighted by atomic mass is 9.99. The number of aryl methyl sites for hydroxylation is 1. The van der Waals surface area contributed by atoms with E-state index in [1.165, 1.54) is 0 Å². The highest BCUT2D eigenvalue weighted by atomic mass is 32.2. The molecule has 3 N–H and O–H groups in total. The Labute approximate surface area is 206 Å². The second kappa shape index (κ2) is 11.8. The molecule has 186 valence electrons. The number of pyridine rings is 1. The van der Waals surface area contributed by atoms with Gasteiger partial charge in [-0.25, -0.2) is 0 Å². The molecule has 1 aromatic carbocycles. The van der Waals surface area contributed by atoms with Crippen molar-refractivity contribution in [3.63, 3.8) is 0 Å². The van der Waals surface area contributed by atoms with Crippen LogP contribution < -0.4 is 16.0 Å². The summed E-state index contributed by atoms with van der Waals surface area (Å²) in [7, 11) is 0. The quantitative estimate of drug-likeness (QED) is 0.348. The number of imide groups is 1. The molecule has 2 heterocycles. The van der Waals surface area contributed by atoms with Crippen LogP contribution in [0.2, 0.25) is 0 Å². The van der Waals surface area contributed by atoms with Crippen molar-refractivity contribution in [2.24, 2.45) is 5.90 Å². The topological polar surface area (TPSA) is 147 Å². The molecule has 0 saturated carbocycles. The van der Waals surface area contributed by atoms with E-state index in [9.17, 15) is 19.2 Å². The molecule has 1 unspecified atom stereocenters. The number of ether oxygens (including phenoxy) is 2. The Kier molecular flexibility index (Phi) is 8.83. The van der Waals surface area contributed by atoms with Crippen LogP contribution in [-0.4, -0.2) is 39.4 Å². The summed E-state index contributed by atoms with van der Waals surface area (Å²) in [5, 5.41) is 1.96. The predicted octanol–water partition coefficient (Wildman–Crippen LogP) is 2.79. The van der Waals surface area contributed by atoms with E-state index in [4.69, 9.17) is 15.4 Å². The third-order valence-corrected chi connectivity index (χ3v) is 6.47. The molecule has 0 spiro atoms. The summed E-state index contributed by atoms with van der Waals surface area (Å²) in [6.07, 6.45) is 1.65. The molecule has 1 fully saturated rings. The van der Waals surface area contributed by atoms with Crippen LogP contribution in [0.25, 0.3) is 0 Å². The summed E-state index contributed by atoms with van der Waals surface area (Å²) < 4.78 is 10.5. The first kappa shape index (κ1) is 26.2. The summed E-state index contributed by atoms with van der Waals surface area (Å²) >= 11 is 0.981. The molecule has 10 nitrogen and oxygen atoms in total. The van der Waals surface area contributed by atoms with Gasteiger partial charge in [0.1, 0.15) is 17.1 Å². The molecule has 1 aromatic heterocycles. The number of nitrogens with zero attached hydrogens (tertiary/aromatic N) is 1. The number of aromatic nitrogens is 1. The Bertz CT molecular complexity index is 1080. The van der Waals surface area contributed by atoms with Gasteiger partial charge in [0.25, 0.3) is 5.24 Å². The van der Waals surface area contributed by atoms with Crippen LogP contribution >= 0.6 is 11.8 Å². The summed E-state index contributed by atoms with van der Waals surface area (Å²) in [5.74, 6) is 3.71. The highest BCUT2D eigenvalue weighted by Crippen LogP contribution is 2.35. The molecular formula is C24H27N3O7S. The fraction of sp³-hybridized carbons (Fsp3) is 0.375. The van der Waals surface area contributed by atoms with E-state index in [0.717, 1.165) is 29.4 Å². The number of nitrogens with one attached hydrogen (secondary N) is 1. The molecule has 3 rings (SSSR count). The normalized spacial score (nSPS) is 18.0. The van der Waals surface area contributed by atoms with E-state index >= 15 is 0 Å². The Morgan fingerprint density at radius 3 is 2.40 bits per heavy atom. The lowest BCUT2D eigenvalue weighted by Crippen LogP contribution is -2.35. The van der Waals surface area contributed by atoms with Crippen molar-refractivity contribution in [1.82, 2.24) is 10.3 Å². The minimum Gasteiger partial charge on any atom is -0.489 e. The Hall–Kier alpha value is -3.44. The summed E-state index contributed by atoms with van der Waals surface area (Å²) in [4.78, 5) is 55.5. The van der Waals surface area contributed by atoms with E-state index in [2.05, 4.69) is 15.1 Å². The minimum absolute atomic E-state index is 0.0179. The van der Waals surface area contributed by atoms with Crippen LogP contribution in [0.5, 0.6) is 5.75 Å². The van der Waals surface area contributed by atoms with Gasteiger partial charge < -0.3 is 14.3 Å². The molecule has 2 atom stereocenters. The number of esters is 1. The zero-order valence-corrected chi connectivity index (χ0v) is 20.3. The zero-order chi connectivity index (χ0) is 25.4. The number of hydrogen-bond acceptors (Lipinski definition) is 10. The molecule has 0 radical (unpaired) electrons. The van der Waals surface area contributed by atoms with Crippen LogP contribution in [-0.2, 0) is 36.8 Å². The zero-order valence-electron chi connectivity index (χ0n) is 19.4. The molecule has 0 aliphatic carbocycles. The third-order valence-electron chi connectivity index (χ3n) is 5.40. The summed E-state index contributed by atoms with van der Waals surface area (Å²) in [5.41, 5.74) is 2.41. The van der Waals surface area contributed by atoms with Crippen LogP contribution in [0.15, 0.2) is 42.6 Å². The van der Waals surface area contributed by atoms with E-state index in [1.54, 1.807) is 25.3 Å². The maximum absolute atomic E-state index is 12.3. The van der Waals surface area contributed by atoms with Gasteiger partial charge in [0.2, 0.25) is 5.91 Å². The van der Waals surface area contributed by atoms with Crippen molar-refractivity contribution in [2.75, 3.05) is 6.61 Å². The summed E-state index contributed by atoms with van der Waals surface area (Å²) in [6.45, 7) is 3.73. The molecule has 1 aliphatic rings. The highest BCUT2D eigenvalue weighted by Gasteiger charge is 2.43. The molecule has 2 amide bonds. The Balaban J connectivity index is 1.64. The number of rotatable bonds is 11. The number of amides is 2. The second-order valence-corrected chi connectivity index (χ2v) is 9.59. The molecule has 2 aromatic rings. The van der Waals surface area contributed by atoms with E-state index in [0.29, 0.717) is 17.7 Å². The number of carbonyl (C=O) groups excluding carboxylic acids is 4. The Morgan fingerprint density at radius 1 is 1.11 bits per heavy atom. The van der Waals surface area contributed by atoms with Gasteiger partial charge in [-0.2, -0.15) is 5.90 Å². The monoisotopic (exact) mass is 501 g/mol. The molecule has 1 saturated heterocycles. The lowest BCUT2D eigenvalue weighted by molar-refractivity contribution is -0.155. The number of hydrogen-bond donors (Lipinski definition) is 2. The smallest absolute Gasteiger partial charge is 0.325 e. The standard InChI is InChI=1S/C24H27N3O7S/c1-3-17-7-6-16(13-26-17)19(33-20(28)10-11-21(29)34-25)14-32-18-8-4-15(5-9-18)12-24(2)22(30)27-23(31)35-24/h4-9,13,19H,3,10-12,14,25H2,1-2H3,(H,27,30,31)/t19-,24?/m1/s1. The van der Waals surface area contributed by atoms with Gasteiger partial charge in [-0.05, 0) is 55.3 Å². The molecule has 35 heavy (non-hydrogen) atoms. The van der Waals surface area contributed by atoms with E-state index < -0.39 is 22.8 Å². The van der Waals surface area contributed by atoms with Gasteiger partial charge in [0, 0.05) is 17.5 Å². The van der Waals surface area contributed by atoms with Crippen LogP contribution in [0.3, 0.4) is 0 Å². The van der Waals surface area contributed by atoms with E-state index in [-0.39, 0.29) is 30.6 Å². The fourth-order valence-electron chi connectivity index (χ4n) is 3.40.